The number of aromatic hydroxyl groups is 1. The summed E-state index contributed by atoms with van der Waals surface area (Å²) in [5.74, 6) is -0.313. The Morgan fingerprint density at radius 1 is 1.30 bits per heavy atom. The molecule has 0 aromatic heterocycles. The molecule has 0 radical (unpaired) electrons. The molecule has 7 nitrogen and oxygen atoms in total. The van der Waals surface area contributed by atoms with Gasteiger partial charge in [-0.2, -0.15) is 0 Å². The third-order valence-corrected chi connectivity index (χ3v) is 3.84. The normalized spacial score (nSPS) is 15.0. The van der Waals surface area contributed by atoms with Gasteiger partial charge >= 0.3 is 0 Å². The van der Waals surface area contributed by atoms with E-state index in [1.54, 1.807) is 17.0 Å². The van der Waals surface area contributed by atoms with E-state index in [9.17, 15) is 9.90 Å². The van der Waals surface area contributed by atoms with E-state index in [0.717, 1.165) is 45.8 Å². The highest BCUT2D eigenvalue weighted by Gasteiger charge is 2.12. The van der Waals surface area contributed by atoms with Crippen molar-refractivity contribution in [3.8, 4) is 5.75 Å². The minimum atomic E-state index is -0.359. The van der Waals surface area contributed by atoms with Crippen molar-refractivity contribution in [3.05, 3.63) is 29.8 Å². The lowest BCUT2D eigenvalue weighted by molar-refractivity contribution is -0.908. The number of nitrogens with one attached hydrogen (secondary N) is 4. The summed E-state index contributed by atoms with van der Waals surface area (Å²) in [6.07, 6.45) is 0.998. The van der Waals surface area contributed by atoms with Crippen molar-refractivity contribution >= 4 is 23.2 Å². The fourth-order valence-electron chi connectivity index (χ4n) is 2.33. The first-order valence-corrected chi connectivity index (χ1v) is 8.10. The molecule has 126 valence electrons. The van der Waals surface area contributed by atoms with Crippen molar-refractivity contribution in [1.29, 1.82) is 0 Å². The molecule has 1 heterocycles. The molecule has 1 amide bonds. The molecular formula is C15H23N4O3S+. The fourth-order valence-corrected chi connectivity index (χ4v) is 2.48. The topological polar surface area (TPSA) is 87.1 Å². The monoisotopic (exact) mass is 339 g/mol. The van der Waals surface area contributed by atoms with E-state index in [1.807, 2.05) is 0 Å². The van der Waals surface area contributed by atoms with Crippen molar-refractivity contribution in [2.45, 2.75) is 6.42 Å². The predicted octanol–water partition coefficient (Wildman–Crippen LogP) is -1.19. The van der Waals surface area contributed by atoms with Gasteiger partial charge in [-0.25, -0.2) is 0 Å². The number of rotatable bonds is 5. The van der Waals surface area contributed by atoms with E-state index in [0.29, 0.717) is 10.7 Å². The quantitative estimate of drug-likeness (QED) is 0.263. The lowest BCUT2D eigenvalue weighted by Crippen LogP contribution is -3.14. The second kappa shape index (κ2) is 9.29. The number of hydrazine groups is 1. The minimum absolute atomic E-state index is 0.0453. The van der Waals surface area contributed by atoms with Crippen LogP contribution >= 0.6 is 12.2 Å². The molecule has 0 unspecified atom stereocenters. The molecule has 0 saturated carbocycles. The molecule has 1 saturated heterocycles. The Hall–Kier alpha value is -1.90. The zero-order valence-electron chi connectivity index (χ0n) is 12.9. The molecule has 0 atom stereocenters. The summed E-state index contributed by atoms with van der Waals surface area (Å²) in [6.45, 7) is 5.62. The van der Waals surface area contributed by atoms with E-state index in [1.165, 1.54) is 12.1 Å². The maximum Gasteiger partial charge on any atom is 0.269 e. The maximum absolute atomic E-state index is 11.9. The number of morpholine rings is 1. The van der Waals surface area contributed by atoms with Gasteiger partial charge in [0.1, 0.15) is 18.8 Å². The molecule has 8 heteroatoms. The van der Waals surface area contributed by atoms with Crippen LogP contribution in [0.25, 0.3) is 0 Å². The third kappa shape index (κ3) is 6.39. The van der Waals surface area contributed by atoms with Crippen LogP contribution in [0.5, 0.6) is 5.75 Å². The molecule has 1 fully saturated rings. The summed E-state index contributed by atoms with van der Waals surface area (Å²) in [4.78, 5) is 13.4. The van der Waals surface area contributed by atoms with Crippen LogP contribution in [0.4, 0.5) is 0 Å². The van der Waals surface area contributed by atoms with Gasteiger partial charge in [-0.15, -0.1) is 0 Å². The van der Waals surface area contributed by atoms with Gasteiger partial charge in [0.2, 0.25) is 0 Å². The lowest BCUT2D eigenvalue weighted by Gasteiger charge is -2.23. The number of phenolic OH excluding ortho intramolecular Hbond substituents is 1. The number of carbonyl (C=O) groups is 1. The number of carbonyl (C=O) groups excluding carboxylic acids is 1. The zero-order valence-corrected chi connectivity index (χ0v) is 13.7. The standard InChI is InChI=1S/C15H22N4O3S/c20-13-4-1-3-12(11-13)14(21)17-18-15(23)16-5-2-6-19-7-9-22-10-8-19/h1,3-4,11,20H,2,5-10H2,(H,17,21)(H2,16,18,23)/p+1. The zero-order chi connectivity index (χ0) is 16.5. The molecular weight excluding hydrogens is 316 g/mol. The molecule has 0 aliphatic carbocycles. The van der Waals surface area contributed by atoms with Gasteiger partial charge in [-0.05, 0) is 30.4 Å². The first-order chi connectivity index (χ1) is 11.1. The first-order valence-electron chi connectivity index (χ1n) is 7.69. The van der Waals surface area contributed by atoms with Crippen LogP contribution in [-0.4, -0.2) is 55.5 Å². The van der Waals surface area contributed by atoms with Crippen LogP contribution in [0.3, 0.4) is 0 Å². The van der Waals surface area contributed by atoms with E-state index in [-0.39, 0.29) is 11.7 Å². The SMILES string of the molecule is O=C(NNC(=S)NCCC[NH+]1CCOCC1)c1cccc(O)c1. The van der Waals surface area contributed by atoms with E-state index in [2.05, 4.69) is 16.2 Å². The highest BCUT2D eigenvalue weighted by atomic mass is 32.1. The van der Waals surface area contributed by atoms with Gasteiger partial charge in [-0.1, -0.05) is 6.07 Å². The Morgan fingerprint density at radius 3 is 2.83 bits per heavy atom. The highest BCUT2D eigenvalue weighted by molar-refractivity contribution is 7.80. The molecule has 1 aliphatic heterocycles. The van der Waals surface area contributed by atoms with E-state index in [4.69, 9.17) is 17.0 Å². The van der Waals surface area contributed by atoms with Gasteiger partial charge in [-0.3, -0.25) is 15.6 Å². The van der Waals surface area contributed by atoms with Crippen LogP contribution in [-0.2, 0) is 4.74 Å². The lowest BCUT2D eigenvalue weighted by atomic mass is 10.2. The Morgan fingerprint density at radius 2 is 2.09 bits per heavy atom. The molecule has 5 N–H and O–H groups in total. The average molecular weight is 339 g/mol. The Kier molecular flexibility index (Phi) is 7.05. The van der Waals surface area contributed by atoms with Crippen LogP contribution in [0.15, 0.2) is 24.3 Å². The smallest absolute Gasteiger partial charge is 0.269 e. The minimum Gasteiger partial charge on any atom is -0.508 e. The molecule has 1 aromatic carbocycles. The Balaban J connectivity index is 1.58. The summed E-state index contributed by atoms with van der Waals surface area (Å²) in [5.41, 5.74) is 5.50. The number of phenols is 1. The highest BCUT2D eigenvalue weighted by Crippen LogP contribution is 2.10. The van der Waals surface area contributed by atoms with Crippen LogP contribution in [0.1, 0.15) is 16.8 Å². The summed E-state index contributed by atoms with van der Waals surface area (Å²) in [5, 5.41) is 12.8. The molecule has 1 aromatic rings. The maximum atomic E-state index is 11.9. The molecule has 0 spiro atoms. The summed E-state index contributed by atoms with van der Waals surface area (Å²) in [6, 6.07) is 6.11. The molecule has 23 heavy (non-hydrogen) atoms. The van der Waals surface area contributed by atoms with Crippen LogP contribution < -0.4 is 21.1 Å². The molecule has 1 aliphatic rings. The van der Waals surface area contributed by atoms with Crippen molar-refractivity contribution in [3.63, 3.8) is 0 Å². The number of hydrogen-bond donors (Lipinski definition) is 5. The predicted molar refractivity (Wildman–Crippen MR) is 90.3 cm³/mol. The summed E-state index contributed by atoms with van der Waals surface area (Å²) in [7, 11) is 0. The van der Waals surface area contributed by atoms with Crippen molar-refractivity contribution in [1.82, 2.24) is 16.2 Å². The number of hydrogen-bond acceptors (Lipinski definition) is 4. The van der Waals surface area contributed by atoms with Crippen molar-refractivity contribution in [2.75, 3.05) is 39.4 Å². The fraction of sp³-hybridized carbons (Fsp3) is 0.467. The van der Waals surface area contributed by atoms with Crippen LogP contribution in [0, 0.1) is 0 Å². The van der Waals surface area contributed by atoms with E-state index < -0.39 is 0 Å². The van der Waals surface area contributed by atoms with Gasteiger partial charge < -0.3 is 20.1 Å². The summed E-state index contributed by atoms with van der Waals surface area (Å²) >= 11 is 5.10. The number of ether oxygens (including phenoxy) is 1. The van der Waals surface area contributed by atoms with Gasteiger partial charge in [0.15, 0.2) is 5.11 Å². The average Bonchev–Trinajstić information content (AvgIpc) is 2.57. The Labute approximate surface area is 141 Å². The second-order valence-electron chi connectivity index (χ2n) is 5.35. The number of quaternary nitrogens is 1. The second-order valence-corrected chi connectivity index (χ2v) is 5.76. The van der Waals surface area contributed by atoms with Gasteiger partial charge in [0, 0.05) is 18.5 Å². The van der Waals surface area contributed by atoms with Gasteiger partial charge in [0.05, 0.1) is 19.8 Å². The first kappa shape index (κ1) is 17.5. The van der Waals surface area contributed by atoms with Crippen LogP contribution in [0.2, 0.25) is 0 Å². The summed E-state index contributed by atoms with van der Waals surface area (Å²) < 4.78 is 5.32. The molecule has 2 rings (SSSR count). The third-order valence-electron chi connectivity index (χ3n) is 3.59. The largest absolute Gasteiger partial charge is 0.508 e. The number of benzene rings is 1. The molecule has 0 bridgehead atoms. The van der Waals surface area contributed by atoms with Gasteiger partial charge in [0.25, 0.3) is 5.91 Å². The van der Waals surface area contributed by atoms with Crippen molar-refractivity contribution < 1.29 is 19.5 Å². The Bertz CT molecular complexity index is 535. The number of thiocarbonyl (C=S) groups is 1. The van der Waals surface area contributed by atoms with E-state index >= 15 is 0 Å². The van der Waals surface area contributed by atoms with Crippen molar-refractivity contribution in [2.24, 2.45) is 0 Å². The number of amides is 1.